The summed E-state index contributed by atoms with van der Waals surface area (Å²) < 4.78 is 9.36. The van der Waals surface area contributed by atoms with Gasteiger partial charge in [-0.25, -0.2) is 0 Å². The second kappa shape index (κ2) is 11.4. The van der Waals surface area contributed by atoms with Gasteiger partial charge in [0, 0.05) is 6.42 Å². The van der Waals surface area contributed by atoms with E-state index in [0.29, 0.717) is 6.42 Å². The number of ether oxygens (including phenoxy) is 2. The van der Waals surface area contributed by atoms with Crippen LogP contribution in [0.5, 0.6) is 0 Å². The first-order valence-corrected chi connectivity index (χ1v) is 6.10. The first-order valence-electron chi connectivity index (χ1n) is 6.10. The molecule has 0 spiro atoms. The predicted molar refractivity (Wildman–Crippen MR) is 62.4 cm³/mol. The normalized spacial score (nSPS) is 11.9. The van der Waals surface area contributed by atoms with Crippen LogP contribution in [-0.4, -0.2) is 36.9 Å². The number of esters is 1. The summed E-state index contributed by atoms with van der Waals surface area (Å²) in [5.74, 6) is -0.311. The molecule has 0 rings (SSSR count). The van der Waals surface area contributed by atoms with Crippen LogP contribution in [0.3, 0.4) is 0 Å². The molecule has 0 fully saturated rings. The molecule has 0 aliphatic rings. The fourth-order valence-corrected chi connectivity index (χ4v) is 1.34. The van der Waals surface area contributed by atoms with Gasteiger partial charge in [-0.2, -0.15) is 0 Å². The average Bonchev–Trinajstić information content (AvgIpc) is 2.34. The van der Waals surface area contributed by atoms with Gasteiger partial charge in [0.25, 0.3) is 6.47 Å². The van der Waals surface area contributed by atoms with E-state index < -0.39 is 6.10 Å². The number of aliphatic hydroxyl groups excluding tert-OH is 1. The van der Waals surface area contributed by atoms with Gasteiger partial charge in [0.15, 0.2) is 6.10 Å². The summed E-state index contributed by atoms with van der Waals surface area (Å²) in [4.78, 5) is 21.3. The summed E-state index contributed by atoms with van der Waals surface area (Å²) in [7, 11) is 0. The minimum Gasteiger partial charge on any atom is -0.462 e. The molecule has 17 heavy (non-hydrogen) atoms. The summed E-state index contributed by atoms with van der Waals surface area (Å²) >= 11 is 0. The van der Waals surface area contributed by atoms with Crippen LogP contribution in [0.1, 0.15) is 45.4 Å². The Morgan fingerprint density at radius 3 is 2.59 bits per heavy atom. The van der Waals surface area contributed by atoms with Crippen LogP contribution < -0.4 is 0 Å². The van der Waals surface area contributed by atoms with Crippen LogP contribution in [0, 0.1) is 0 Å². The Bertz CT molecular complexity index is 205. The minimum atomic E-state index is -0.753. The summed E-state index contributed by atoms with van der Waals surface area (Å²) in [5.41, 5.74) is 0. The lowest BCUT2D eigenvalue weighted by Crippen LogP contribution is -2.25. The van der Waals surface area contributed by atoms with E-state index in [9.17, 15) is 9.59 Å². The molecular weight excluding hydrogens is 224 g/mol. The second-order valence-corrected chi connectivity index (χ2v) is 3.88. The van der Waals surface area contributed by atoms with Gasteiger partial charge in [-0.1, -0.05) is 32.6 Å². The number of unbranched alkanes of at least 4 members (excludes halogenated alkanes) is 4. The van der Waals surface area contributed by atoms with E-state index in [-0.39, 0.29) is 25.7 Å². The summed E-state index contributed by atoms with van der Waals surface area (Å²) in [6.07, 6.45) is 4.96. The van der Waals surface area contributed by atoms with Gasteiger partial charge in [-0.05, 0) is 6.42 Å². The maximum absolute atomic E-state index is 11.3. The number of rotatable bonds is 11. The number of hydrogen-bond donors (Lipinski definition) is 1. The topological polar surface area (TPSA) is 72.8 Å². The molecule has 5 heteroatoms. The van der Waals surface area contributed by atoms with Crippen LogP contribution in [0.25, 0.3) is 0 Å². The van der Waals surface area contributed by atoms with Crippen molar-refractivity contribution >= 4 is 12.4 Å². The fourth-order valence-electron chi connectivity index (χ4n) is 1.34. The highest BCUT2D eigenvalue weighted by atomic mass is 16.6. The molecule has 5 nitrogen and oxygen atoms in total. The van der Waals surface area contributed by atoms with Crippen molar-refractivity contribution < 1.29 is 24.2 Å². The predicted octanol–water partition coefficient (Wildman–Crippen LogP) is 1.42. The quantitative estimate of drug-likeness (QED) is 0.339. The van der Waals surface area contributed by atoms with E-state index in [4.69, 9.17) is 9.84 Å². The van der Waals surface area contributed by atoms with Gasteiger partial charge in [-0.3, -0.25) is 9.59 Å². The standard InChI is InChI=1S/C12H22O5/c1-2-3-4-5-6-7-12(15)16-9-11(8-13)17-10-14/h10-11,13H,2-9H2,1H3. The third kappa shape index (κ3) is 9.81. The first-order chi connectivity index (χ1) is 8.24. The SMILES string of the molecule is CCCCCCCC(=O)OCC(CO)OC=O. The Hall–Kier alpha value is -1.10. The van der Waals surface area contributed by atoms with E-state index in [0.717, 1.165) is 19.3 Å². The lowest BCUT2D eigenvalue weighted by Gasteiger charge is -2.12. The van der Waals surface area contributed by atoms with E-state index in [2.05, 4.69) is 11.7 Å². The lowest BCUT2D eigenvalue weighted by molar-refractivity contribution is -0.153. The van der Waals surface area contributed by atoms with Crippen molar-refractivity contribution in [2.75, 3.05) is 13.2 Å². The van der Waals surface area contributed by atoms with Crippen molar-refractivity contribution in [1.29, 1.82) is 0 Å². The van der Waals surface area contributed by atoms with Crippen molar-refractivity contribution in [1.82, 2.24) is 0 Å². The fraction of sp³-hybridized carbons (Fsp3) is 0.833. The van der Waals surface area contributed by atoms with Crippen LogP contribution in [-0.2, 0) is 19.1 Å². The van der Waals surface area contributed by atoms with Crippen LogP contribution in [0.4, 0.5) is 0 Å². The maximum atomic E-state index is 11.3. The van der Waals surface area contributed by atoms with Crippen molar-refractivity contribution in [3.63, 3.8) is 0 Å². The van der Waals surface area contributed by atoms with Gasteiger partial charge in [0.05, 0.1) is 6.61 Å². The number of carbonyl (C=O) groups excluding carboxylic acids is 2. The van der Waals surface area contributed by atoms with E-state index in [1.54, 1.807) is 0 Å². The van der Waals surface area contributed by atoms with Crippen molar-refractivity contribution in [2.24, 2.45) is 0 Å². The van der Waals surface area contributed by atoms with Crippen LogP contribution in [0.2, 0.25) is 0 Å². The molecule has 0 heterocycles. The van der Waals surface area contributed by atoms with E-state index in [1.165, 1.54) is 12.8 Å². The molecule has 0 bridgehead atoms. The average molecular weight is 246 g/mol. The summed E-state index contributed by atoms with van der Waals surface area (Å²) in [6.45, 7) is 1.95. The molecule has 1 N–H and O–H groups in total. The molecule has 0 saturated heterocycles. The van der Waals surface area contributed by atoms with E-state index >= 15 is 0 Å². The zero-order chi connectivity index (χ0) is 12.9. The van der Waals surface area contributed by atoms with Gasteiger partial charge in [0.1, 0.15) is 6.61 Å². The first kappa shape index (κ1) is 15.9. The Morgan fingerprint density at radius 1 is 1.29 bits per heavy atom. The zero-order valence-corrected chi connectivity index (χ0v) is 10.4. The van der Waals surface area contributed by atoms with Crippen molar-refractivity contribution in [2.45, 2.75) is 51.6 Å². The highest BCUT2D eigenvalue weighted by Gasteiger charge is 2.11. The van der Waals surface area contributed by atoms with Crippen LogP contribution >= 0.6 is 0 Å². The molecule has 0 aromatic carbocycles. The molecule has 0 radical (unpaired) electrons. The largest absolute Gasteiger partial charge is 0.462 e. The molecule has 0 saturated carbocycles. The van der Waals surface area contributed by atoms with Gasteiger partial charge in [-0.15, -0.1) is 0 Å². The molecule has 0 amide bonds. The highest BCUT2D eigenvalue weighted by molar-refractivity contribution is 5.69. The Morgan fingerprint density at radius 2 is 2.00 bits per heavy atom. The smallest absolute Gasteiger partial charge is 0.305 e. The Labute approximate surface area is 102 Å². The lowest BCUT2D eigenvalue weighted by atomic mass is 10.1. The monoisotopic (exact) mass is 246 g/mol. The molecule has 100 valence electrons. The highest BCUT2D eigenvalue weighted by Crippen LogP contribution is 2.06. The van der Waals surface area contributed by atoms with Gasteiger partial charge >= 0.3 is 5.97 Å². The zero-order valence-electron chi connectivity index (χ0n) is 10.4. The maximum Gasteiger partial charge on any atom is 0.305 e. The summed E-state index contributed by atoms with van der Waals surface area (Å²) in [6, 6.07) is 0. The number of aliphatic hydroxyl groups is 1. The molecule has 0 aromatic rings. The molecule has 0 aromatic heterocycles. The van der Waals surface area contributed by atoms with Gasteiger partial charge in [0.2, 0.25) is 0 Å². The molecule has 0 aliphatic carbocycles. The minimum absolute atomic E-state index is 0.0803. The molecule has 0 aliphatic heterocycles. The summed E-state index contributed by atoms with van der Waals surface area (Å²) in [5, 5.41) is 8.77. The Balaban J connectivity index is 3.47. The number of carbonyl (C=O) groups is 2. The van der Waals surface area contributed by atoms with E-state index in [1.807, 2.05) is 0 Å². The third-order valence-corrected chi connectivity index (χ3v) is 2.37. The molecule has 1 atom stereocenters. The van der Waals surface area contributed by atoms with Crippen LogP contribution in [0.15, 0.2) is 0 Å². The number of hydrogen-bond acceptors (Lipinski definition) is 5. The Kier molecular flexibility index (Phi) is 10.7. The van der Waals surface area contributed by atoms with Gasteiger partial charge < -0.3 is 14.6 Å². The van der Waals surface area contributed by atoms with Crippen molar-refractivity contribution in [3.8, 4) is 0 Å². The molecule has 1 unspecified atom stereocenters. The second-order valence-electron chi connectivity index (χ2n) is 3.88. The third-order valence-electron chi connectivity index (χ3n) is 2.37. The van der Waals surface area contributed by atoms with Crippen molar-refractivity contribution in [3.05, 3.63) is 0 Å². The molecular formula is C12H22O5.